The first-order valence-electron chi connectivity index (χ1n) is 4.88. The monoisotopic (exact) mass is 295 g/mol. The average molecular weight is 297 g/mol. The quantitative estimate of drug-likeness (QED) is 0.781. The Morgan fingerprint density at radius 1 is 1.29 bits per heavy atom. The van der Waals surface area contributed by atoms with Gasteiger partial charge in [-0.05, 0) is 47.8 Å². The highest BCUT2D eigenvalue weighted by molar-refractivity contribution is 9.11. The molecule has 0 amide bonds. The lowest BCUT2D eigenvalue weighted by molar-refractivity contribution is 0.649. The van der Waals surface area contributed by atoms with Crippen LogP contribution < -0.4 is 5.73 Å². The van der Waals surface area contributed by atoms with Gasteiger partial charge in [0.2, 0.25) is 0 Å². The van der Waals surface area contributed by atoms with Gasteiger partial charge in [-0.2, -0.15) is 0 Å². The maximum atomic E-state index is 5.94. The molecule has 0 saturated heterocycles. The fourth-order valence-electron chi connectivity index (χ4n) is 1.31. The van der Waals surface area contributed by atoms with E-state index in [1.165, 1.54) is 24.1 Å². The average Bonchev–Trinajstić information content (AvgIpc) is 2.46. The Bertz CT molecular complexity index is 256. The molecule has 1 rings (SSSR count). The topological polar surface area (TPSA) is 26.0 Å². The normalized spacial score (nSPS) is 10.8. The molecule has 0 aromatic carbocycles. The van der Waals surface area contributed by atoms with Gasteiger partial charge in [0.05, 0.1) is 8.81 Å². The maximum absolute atomic E-state index is 5.94. The summed E-state index contributed by atoms with van der Waals surface area (Å²) in [5, 5.41) is 0.840. The zero-order valence-corrected chi connectivity index (χ0v) is 11.2. The van der Waals surface area contributed by atoms with Gasteiger partial charge in [-0.15, -0.1) is 11.3 Å². The van der Waals surface area contributed by atoms with Crippen LogP contribution in [0.1, 0.15) is 30.6 Å². The summed E-state index contributed by atoms with van der Waals surface area (Å²) >= 11 is 11.1. The van der Waals surface area contributed by atoms with Crippen LogP contribution in [0, 0.1) is 0 Å². The van der Waals surface area contributed by atoms with Gasteiger partial charge in [-0.1, -0.05) is 24.4 Å². The molecule has 0 atom stereocenters. The summed E-state index contributed by atoms with van der Waals surface area (Å²) in [5.41, 5.74) is 5.42. The first-order chi connectivity index (χ1) is 6.74. The Labute approximate surface area is 103 Å². The zero-order valence-electron chi connectivity index (χ0n) is 8.06. The predicted molar refractivity (Wildman–Crippen MR) is 68.3 cm³/mol. The van der Waals surface area contributed by atoms with Crippen molar-refractivity contribution in [3.8, 4) is 0 Å². The van der Waals surface area contributed by atoms with Gasteiger partial charge in [0.25, 0.3) is 0 Å². The molecule has 0 spiro atoms. The van der Waals surface area contributed by atoms with Crippen molar-refractivity contribution in [1.82, 2.24) is 0 Å². The maximum Gasteiger partial charge on any atom is 0.0887 e. The number of hydrogen-bond acceptors (Lipinski definition) is 2. The van der Waals surface area contributed by atoms with Gasteiger partial charge in [-0.3, -0.25) is 0 Å². The van der Waals surface area contributed by atoms with Gasteiger partial charge >= 0.3 is 0 Å². The first kappa shape index (κ1) is 12.5. The molecular formula is C10H15BrClNS. The van der Waals surface area contributed by atoms with Crippen LogP contribution in [-0.2, 0) is 6.42 Å². The molecule has 1 nitrogen and oxygen atoms in total. The largest absolute Gasteiger partial charge is 0.330 e. The Morgan fingerprint density at radius 2 is 2.00 bits per heavy atom. The minimum atomic E-state index is 0.816. The fourth-order valence-corrected chi connectivity index (χ4v) is 3.17. The van der Waals surface area contributed by atoms with E-state index in [9.17, 15) is 0 Å². The molecule has 14 heavy (non-hydrogen) atoms. The number of rotatable bonds is 6. The van der Waals surface area contributed by atoms with E-state index in [-0.39, 0.29) is 0 Å². The highest BCUT2D eigenvalue weighted by Crippen LogP contribution is 2.32. The second-order valence-corrected chi connectivity index (χ2v) is 6.15. The fraction of sp³-hybridized carbons (Fsp3) is 0.600. The molecule has 0 aliphatic heterocycles. The highest BCUT2D eigenvalue weighted by atomic mass is 79.9. The lowest BCUT2D eigenvalue weighted by Crippen LogP contribution is -1.97. The van der Waals surface area contributed by atoms with Crippen LogP contribution in [0.25, 0.3) is 0 Å². The van der Waals surface area contributed by atoms with Crippen LogP contribution in [0.4, 0.5) is 0 Å². The number of nitrogens with two attached hydrogens (primary N) is 1. The third kappa shape index (κ3) is 4.30. The van der Waals surface area contributed by atoms with E-state index in [1.54, 1.807) is 11.3 Å². The summed E-state index contributed by atoms with van der Waals surface area (Å²) in [7, 11) is 0. The molecule has 2 N–H and O–H groups in total. The lowest BCUT2D eigenvalue weighted by Gasteiger charge is -1.97. The van der Waals surface area contributed by atoms with Crippen molar-refractivity contribution in [2.45, 2.75) is 32.1 Å². The molecule has 1 aromatic rings. The second kappa shape index (κ2) is 6.83. The van der Waals surface area contributed by atoms with Crippen molar-refractivity contribution in [3.63, 3.8) is 0 Å². The molecule has 0 unspecified atom stereocenters. The van der Waals surface area contributed by atoms with E-state index in [0.717, 1.165) is 28.2 Å². The first-order valence-corrected chi connectivity index (χ1v) is 6.86. The molecule has 0 fully saturated rings. The Hall–Kier alpha value is 0.430. The number of aryl methyl sites for hydroxylation is 1. The highest BCUT2D eigenvalue weighted by Gasteiger charge is 2.03. The summed E-state index contributed by atoms with van der Waals surface area (Å²) in [6.45, 7) is 0.816. The van der Waals surface area contributed by atoms with E-state index >= 15 is 0 Å². The molecule has 0 radical (unpaired) electrons. The van der Waals surface area contributed by atoms with Crippen LogP contribution in [-0.4, -0.2) is 6.54 Å². The third-order valence-electron chi connectivity index (χ3n) is 2.07. The molecular weight excluding hydrogens is 282 g/mol. The minimum absolute atomic E-state index is 0.816. The number of hydrogen-bond donors (Lipinski definition) is 1. The summed E-state index contributed by atoms with van der Waals surface area (Å²) in [6.07, 6.45) is 6.04. The van der Waals surface area contributed by atoms with Crippen molar-refractivity contribution in [2.24, 2.45) is 5.73 Å². The summed E-state index contributed by atoms with van der Waals surface area (Å²) in [6, 6.07) is 2.05. The predicted octanol–water partition coefficient (Wildman–Crippen LogP) is 4.23. The Balaban J connectivity index is 2.18. The summed E-state index contributed by atoms with van der Waals surface area (Å²) < 4.78 is 1.05. The molecule has 0 aliphatic carbocycles. The Kier molecular flexibility index (Phi) is 6.10. The number of halogens is 2. The van der Waals surface area contributed by atoms with Crippen LogP contribution in [0.15, 0.2) is 9.85 Å². The molecule has 4 heteroatoms. The third-order valence-corrected chi connectivity index (χ3v) is 4.61. The van der Waals surface area contributed by atoms with Crippen LogP contribution in [0.5, 0.6) is 0 Å². The van der Waals surface area contributed by atoms with Crippen molar-refractivity contribution in [1.29, 1.82) is 0 Å². The van der Waals surface area contributed by atoms with Gasteiger partial charge in [0, 0.05) is 4.88 Å². The van der Waals surface area contributed by atoms with Gasteiger partial charge < -0.3 is 5.73 Å². The van der Waals surface area contributed by atoms with E-state index in [4.69, 9.17) is 17.3 Å². The SMILES string of the molecule is NCCCCCCc1cc(Cl)c(Br)s1. The number of unbranched alkanes of at least 4 members (excludes halogenated alkanes) is 3. The molecule has 0 saturated carbocycles. The molecule has 1 aromatic heterocycles. The summed E-state index contributed by atoms with van der Waals surface area (Å²) in [4.78, 5) is 1.37. The van der Waals surface area contributed by atoms with E-state index < -0.39 is 0 Å². The molecule has 0 bridgehead atoms. The van der Waals surface area contributed by atoms with Gasteiger partial charge in [0.15, 0.2) is 0 Å². The molecule has 1 heterocycles. The van der Waals surface area contributed by atoms with Gasteiger partial charge in [0.1, 0.15) is 0 Å². The van der Waals surface area contributed by atoms with Gasteiger partial charge in [-0.25, -0.2) is 0 Å². The van der Waals surface area contributed by atoms with Crippen molar-refractivity contribution >= 4 is 38.9 Å². The summed E-state index contributed by atoms with van der Waals surface area (Å²) in [5.74, 6) is 0. The van der Waals surface area contributed by atoms with Crippen molar-refractivity contribution < 1.29 is 0 Å². The van der Waals surface area contributed by atoms with Crippen molar-refractivity contribution in [3.05, 3.63) is 19.8 Å². The van der Waals surface area contributed by atoms with E-state index in [1.807, 2.05) is 0 Å². The smallest absolute Gasteiger partial charge is 0.0887 e. The van der Waals surface area contributed by atoms with Crippen LogP contribution >= 0.6 is 38.9 Å². The Morgan fingerprint density at radius 3 is 2.57 bits per heavy atom. The van der Waals surface area contributed by atoms with Crippen molar-refractivity contribution in [2.75, 3.05) is 6.54 Å². The van der Waals surface area contributed by atoms with Crippen LogP contribution in [0.2, 0.25) is 5.02 Å². The zero-order chi connectivity index (χ0) is 10.4. The number of thiophene rings is 1. The molecule has 0 aliphatic rings. The lowest BCUT2D eigenvalue weighted by atomic mass is 10.1. The minimum Gasteiger partial charge on any atom is -0.330 e. The van der Waals surface area contributed by atoms with Crippen LogP contribution in [0.3, 0.4) is 0 Å². The van der Waals surface area contributed by atoms with E-state index in [2.05, 4.69) is 22.0 Å². The van der Waals surface area contributed by atoms with E-state index in [0.29, 0.717) is 0 Å². The molecule has 80 valence electrons. The second-order valence-electron chi connectivity index (χ2n) is 3.29. The standard InChI is InChI=1S/C10H15BrClNS/c11-10-9(12)7-8(14-10)5-3-1-2-4-6-13/h7H,1-6,13H2.